The second-order valence-electron chi connectivity index (χ2n) is 5.31. The molecule has 1 atom stereocenters. The number of hydrogen-bond donors (Lipinski definition) is 2. The predicted octanol–water partition coefficient (Wildman–Crippen LogP) is 2.01. The maximum Gasteiger partial charge on any atom is 0.317 e. The summed E-state index contributed by atoms with van der Waals surface area (Å²) in [6, 6.07) is 3.22. The number of rotatable bonds is 4. The van der Waals surface area contributed by atoms with E-state index in [1.807, 2.05) is 0 Å². The zero-order chi connectivity index (χ0) is 16.1. The third kappa shape index (κ3) is 3.93. The Morgan fingerprint density at radius 1 is 1.32 bits per heavy atom. The number of aliphatic carboxylic acids is 1. The monoisotopic (exact) mass is 312 g/mol. The van der Waals surface area contributed by atoms with Crippen LogP contribution < -0.4 is 5.32 Å². The molecule has 1 saturated heterocycles. The number of piperidine rings is 1. The summed E-state index contributed by atoms with van der Waals surface area (Å²) in [5.74, 6) is -2.74. The van der Waals surface area contributed by atoms with Crippen LogP contribution in [-0.4, -0.2) is 41.6 Å². The SMILES string of the molecule is O=C(O)C1CCCN(C(=O)NCCc2c(F)cccc2F)C1. The quantitative estimate of drug-likeness (QED) is 0.893. The molecule has 120 valence electrons. The van der Waals surface area contributed by atoms with Gasteiger partial charge in [0.15, 0.2) is 0 Å². The van der Waals surface area contributed by atoms with E-state index in [-0.39, 0.29) is 25.1 Å². The number of hydrogen-bond acceptors (Lipinski definition) is 2. The van der Waals surface area contributed by atoms with Crippen molar-refractivity contribution in [1.82, 2.24) is 10.2 Å². The van der Waals surface area contributed by atoms with Crippen LogP contribution in [0.2, 0.25) is 0 Å². The second kappa shape index (κ2) is 7.20. The summed E-state index contributed by atoms with van der Waals surface area (Å²) >= 11 is 0. The number of carbonyl (C=O) groups is 2. The van der Waals surface area contributed by atoms with Crippen LogP contribution in [0.1, 0.15) is 18.4 Å². The summed E-state index contributed by atoms with van der Waals surface area (Å²) in [6.45, 7) is 0.740. The number of carboxylic acid groups (broad SMARTS) is 1. The Hall–Kier alpha value is -2.18. The smallest absolute Gasteiger partial charge is 0.317 e. The Balaban J connectivity index is 1.84. The molecule has 1 unspecified atom stereocenters. The van der Waals surface area contributed by atoms with Gasteiger partial charge in [0.1, 0.15) is 11.6 Å². The molecule has 22 heavy (non-hydrogen) atoms. The summed E-state index contributed by atoms with van der Waals surface area (Å²) in [6.07, 6.45) is 1.23. The first kappa shape index (κ1) is 16.2. The van der Waals surface area contributed by atoms with Crippen molar-refractivity contribution in [3.63, 3.8) is 0 Å². The zero-order valence-electron chi connectivity index (χ0n) is 12.0. The number of nitrogens with zero attached hydrogens (tertiary/aromatic N) is 1. The number of benzene rings is 1. The lowest BCUT2D eigenvalue weighted by molar-refractivity contribution is -0.143. The van der Waals surface area contributed by atoms with Gasteiger partial charge in [0.25, 0.3) is 0 Å². The molecule has 7 heteroatoms. The molecule has 2 rings (SSSR count). The van der Waals surface area contributed by atoms with Crippen LogP contribution in [0.25, 0.3) is 0 Å². The number of carbonyl (C=O) groups excluding carboxylic acids is 1. The van der Waals surface area contributed by atoms with Gasteiger partial charge in [-0.25, -0.2) is 13.6 Å². The van der Waals surface area contributed by atoms with Crippen molar-refractivity contribution in [2.45, 2.75) is 19.3 Å². The van der Waals surface area contributed by atoms with Gasteiger partial charge in [0.05, 0.1) is 5.92 Å². The Kier molecular flexibility index (Phi) is 5.30. The largest absolute Gasteiger partial charge is 0.481 e. The lowest BCUT2D eigenvalue weighted by atomic mass is 9.99. The molecule has 1 heterocycles. The van der Waals surface area contributed by atoms with Gasteiger partial charge < -0.3 is 15.3 Å². The van der Waals surface area contributed by atoms with Crippen LogP contribution in [0, 0.1) is 17.6 Å². The first-order valence-electron chi connectivity index (χ1n) is 7.17. The topological polar surface area (TPSA) is 69.6 Å². The molecule has 1 aromatic rings. The van der Waals surface area contributed by atoms with Crippen LogP contribution in [0.4, 0.5) is 13.6 Å². The van der Waals surface area contributed by atoms with E-state index in [1.165, 1.54) is 23.1 Å². The van der Waals surface area contributed by atoms with E-state index in [0.717, 1.165) is 0 Å². The minimum Gasteiger partial charge on any atom is -0.481 e. The predicted molar refractivity (Wildman–Crippen MR) is 75.4 cm³/mol. The van der Waals surface area contributed by atoms with E-state index >= 15 is 0 Å². The van der Waals surface area contributed by atoms with Gasteiger partial charge in [0.2, 0.25) is 0 Å². The maximum atomic E-state index is 13.4. The van der Waals surface area contributed by atoms with Crippen LogP contribution in [-0.2, 0) is 11.2 Å². The average molecular weight is 312 g/mol. The third-order valence-corrected chi connectivity index (χ3v) is 3.77. The fourth-order valence-electron chi connectivity index (χ4n) is 2.54. The first-order valence-corrected chi connectivity index (χ1v) is 7.17. The highest BCUT2D eigenvalue weighted by Crippen LogP contribution is 2.16. The number of likely N-dealkylation sites (tertiary alicyclic amines) is 1. The zero-order valence-corrected chi connectivity index (χ0v) is 12.0. The minimum atomic E-state index is -0.911. The molecule has 1 aliphatic heterocycles. The number of amides is 2. The Bertz CT molecular complexity index is 545. The normalized spacial score (nSPS) is 18.1. The van der Waals surface area contributed by atoms with Gasteiger partial charge in [0, 0.05) is 25.2 Å². The van der Waals surface area contributed by atoms with E-state index < -0.39 is 29.6 Å². The van der Waals surface area contributed by atoms with E-state index in [9.17, 15) is 18.4 Å². The van der Waals surface area contributed by atoms with Gasteiger partial charge in [-0.2, -0.15) is 0 Å². The Morgan fingerprint density at radius 3 is 2.64 bits per heavy atom. The Morgan fingerprint density at radius 2 is 2.00 bits per heavy atom. The van der Waals surface area contributed by atoms with Crippen molar-refractivity contribution in [3.05, 3.63) is 35.4 Å². The summed E-state index contributed by atoms with van der Waals surface area (Å²) < 4.78 is 26.9. The van der Waals surface area contributed by atoms with Crippen molar-refractivity contribution < 1.29 is 23.5 Å². The van der Waals surface area contributed by atoms with Gasteiger partial charge in [-0.05, 0) is 31.4 Å². The highest BCUT2D eigenvalue weighted by atomic mass is 19.1. The minimum absolute atomic E-state index is 0.0421. The van der Waals surface area contributed by atoms with E-state index in [4.69, 9.17) is 5.11 Å². The highest BCUT2D eigenvalue weighted by Gasteiger charge is 2.27. The van der Waals surface area contributed by atoms with Crippen LogP contribution in [0.3, 0.4) is 0 Å². The van der Waals surface area contributed by atoms with E-state index in [2.05, 4.69) is 5.32 Å². The van der Waals surface area contributed by atoms with Crippen molar-refractivity contribution >= 4 is 12.0 Å². The molecule has 0 bridgehead atoms. The highest BCUT2D eigenvalue weighted by molar-refractivity contribution is 5.76. The number of halogens is 2. The van der Waals surface area contributed by atoms with Gasteiger partial charge in [-0.15, -0.1) is 0 Å². The molecule has 1 aromatic carbocycles. The number of carboxylic acids is 1. The summed E-state index contributed by atoms with van der Waals surface area (Å²) in [5.41, 5.74) is -0.0649. The van der Waals surface area contributed by atoms with Crippen LogP contribution >= 0.6 is 0 Å². The molecule has 5 nitrogen and oxygen atoms in total. The van der Waals surface area contributed by atoms with Crippen molar-refractivity contribution in [2.75, 3.05) is 19.6 Å². The molecular formula is C15H18F2N2O3. The standard InChI is InChI=1S/C15H18F2N2O3/c16-12-4-1-5-13(17)11(12)6-7-18-15(22)19-8-2-3-10(9-19)14(20)21/h1,4-5,10H,2-3,6-9H2,(H,18,22)(H,20,21). The fraction of sp³-hybridized carbons (Fsp3) is 0.467. The number of urea groups is 1. The van der Waals surface area contributed by atoms with Crippen molar-refractivity contribution in [2.24, 2.45) is 5.92 Å². The van der Waals surface area contributed by atoms with Crippen LogP contribution in [0.15, 0.2) is 18.2 Å². The van der Waals surface area contributed by atoms with Gasteiger partial charge in [-0.3, -0.25) is 4.79 Å². The molecule has 0 radical (unpaired) electrons. The van der Waals surface area contributed by atoms with Crippen LogP contribution in [0.5, 0.6) is 0 Å². The maximum absolute atomic E-state index is 13.4. The molecule has 2 N–H and O–H groups in total. The van der Waals surface area contributed by atoms with Gasteiger partial charge >= 0.3 is 12.0 Å². The summed E-state index contributed by atoms with van der Waals surface area (Å²) in [5, 5.41) is 11.6. The second-order valence-corrected chi connectivity index (χ2v) is 5.31. The molecule has 0 spiro atoms. The van der Waals surface area contributed by atoms with Gasteiger partial charge in [-0.1, -0.05) is 6.07 Å². The Labute approximate surface area is 126 Å². The van der Waals surface area contributed by atoms with Crippen molar-refractivity contribution in [1.29, 1.82) is 0 Å². The first-order chi connectivity index (χ1) is 10.5. The lowest BCUT2D eigenvalue weighted by Crippen LogP contribution is -2.47. The molecular weight excluding hydrogens is 294 g/mol. The molecule has 2 amide bonds. The molecule has 0 aliphatic carbocycles. The summed E-state index contributed by atoms with van der Waals surface area (Å²) in [7, 11) is 0. The molecule has 1 fully saturated rings. The third-order valence-electron chi connectivity index (χ3n) is 3.77. The summed E-state index contributed by atoms with van der Waals surface area (Å²) in [4.78, 5) is 24.3. The van der Waals surface area contributed by atoms with E-state index in [0.29, 0.717) is 19.4 Å². The molecule has 1 aliphatic rings. The van der Waals surface area contributed by atoms with Crippen molar-refractivity contribution in [3.8, 4) is 0 Å². The molecule has 0 aromatic heterocycles. The molecule has 0 saturated carbocycles. The average Bonchev–Trinajstić information content (AvgIpc) is 2.50. The number of nitrogens with one attached hydrogen (secondary N) is 1. The van der Waals surface area contributed by atoms with E-state index in [1.54, 1.807) is 0 Å². The lowest BCUT2D eigenvalue weighted by Gasteiger charge is -2.30. The fourth-order valence-corrected chi connectivity index (χ4v) is 2.54.